The van der Waals surface area contributed by atoms with Crippen molar-refractivity contribution in [2.75, 3.05) is 0 Å². The summed E-state index contributed by atoms with van der Waals surface area (Å²) >= 11 is 0. The summed E-state index contributed by atoms with van der Waals surface area (Å²) < 4.78 is 0. The highest BCUT2D eigenvalue weighted by atomic mass is 16.1. The highest BCUT2D eigenvalue weighted by molar-refractivity contribution is 5.98. The van der Waals surface area contributed by atoms with Crippen molar-refractivity contribution in [3.05, 3.63) is 41.3 Å². The molecular formula is C16H18N6O. The number of aromatic amines is 2. The molecule has 1 aliphatic carbocycles. The Bertz CT molecular complexity index is 838. The number of aryl methyl sites for hydroxylation is 1. The number of hydrogen-bond donors (Lipinski definition) is 3. The smallest absolute Gasteiger partial charge is 0.267 e. The number of carbonyl (C=O) groups excluding carboxylic acids is 1. The molecule has 2 atom stereocenters. The maximum Gasteiger partial charge on any atom is 0.267 e. The van der Waals surface area contributed by atoms with Crippen LogP contribution in [0.5, 0.6) is 0 Å². The van der Waals surface area contributed by atoms with Crippen LogP contribution in [-0.4, -0.2) is 37.6 Å². The zero-order valence-corrected chi connectivity index (χ0v) is 12.8. The molecule has 1 aliphatic rings. The van der Waals surface area contributed by atoms with E-state index in [1.165, 1.54) is 5.56 Å². The van der Waals surface area contributed by atoms with Crippen molar-refractivity contribution in [1.82, 2.24) is 30.9 Å². The number of aromatic nitrogens is 5. The van der Waals surface area contributed by atoms with E-state index in [9.17, 15) is 4.79 Å². The lowest BCUT2D eigenvalue weighted by Gasteiger charge is -2.17. The lowest BCUT2D eigenvalue weighted by atomic mass is 10.0. The zero-order valence-electron chi connectivity index (χ0n) is 12.8. The number of amides is 1. The predicted octanol–water partition coefficient (Wildman–Crippen LogP) is 2.06. The van der Waals surface area contributed by atoms with Gasteiger partial charge in [-0.2, -0.15) is 5.21 Å². The summed E-state index contributed by atoms with van der Waals surface area (Å²) in [6.07, 6.45) is 2.96. The van der Waals surface area contributed by atoms with Gasteiger partial charge in [-0.25, -0.2) is 0 Å². The predicted molar refractivity (Wildman–Crippen MR) is 85.1 cm³/mol. The van der Waals surface area contributed by atoms with Gasteiger partial charge >= 0.3 is 0 Å². The Morgan fingerprint density at radius 2 is 2.22 bits per heavy atom. The van der Waals surface area contributed by atoms with E-state index in [4.69, 9.17) is 0 Å². The quantitative estimate of drug-likeness (QED) is 0.689. The molecule has 1 saturated carbocycles. The molecular weight excluding hydrogens is 292 g/mol. The fourth-order valence-electron chi connectivity index (χ4n) is 3.38. The third kappa shape index (κ3) is 2.58. The number of H-pyrrole nitrogens is 2. The van der Waals surface area contributed by atoms with Crippen LogP contribution in [-0.2, 0) is 0 Å². The molecule has 23 heavy (non-hydrogen) atoms. The van der Waals surface area contributed by atoms with Crippen LogP contribution < -0.4 is 5.32 Å². The Hall–Kier alpha value is -2.70. The van der Waals surface area contributed by atoms with E-state index in [1.807, 2.05) is 31.2 Å². The first-order valence-corrected chi connectivity index (χ1v) is 7.84. The van der Waals surface area contributed by atoms with Gasteiger partial charge in [-0.05, 0) is 37.5 Å². The first-order chi connectivity index (χ1) is 11.2. The van der Waals surface area contributed by atoms with E-state index in [0.717, 1.165) is 30.2 Å². The average Bonchev–Trinajstić information content (AvgIpc) is 3.26. The largest absolute Gasteiger partial charge is 0.351 e. The Kier molecular flexibility index (Phi) is 3.33. The van der Waals surface area contributed by atoms with Crippen molar-refractivity contribution in [3.8, 4) is 0 Å². The minimum atomic E-state index is -0.0840. The molecule has 0 saturated heterocycles. The number of rotatable bonds is 3. The molecule has 3 N–H and O–H groups in total. The maximum absolute atomic E-state index is 12.6. The van der Waals surface area contributed by atoms with Crippen molar-refractivity contribution in [2.24, 2.45) is 0 Å². The van der Waals surface area contributed by atoms with Crippen molar-refractivity contribution in [3.63, 3.8) is 0 Å². The number of hydrogen-bond acceptors (Lipinski definition) is 4. The Labute approximate surface area is 132 Å². The summed E-state index contributed by atoms with van der Waals surface area (Å²) in [7, 11) is 0. The van der Waals surface area contributed by atoms with Crippen molar-refractivity contribution >= 4 is 16.8 Å². The van der Waals surface area contributed by atoms with Gasteiger partial charge < -0.3 is 10.3 Å². The second-order valence-corrected chi connectivity index (χ2v) is 6.16. The average molecular weight is 310 g/mol. The number of nitrogens with zero attached hydrogens (tertiary/aromatic N) is 3. The third-order valence-electron chi connectivity index (χ3n) is 4.55. The summed E-state index contributed by atoms with van der Waals surface area (Å²) in [5, 5.41) is 18.4. The fourth-order valence-corrected chi connectivity index (χ4v) is 3.38. The second kappa shape index (κ2) is 5.49. The van der Waals surface area contributed by atoms with Gasteiger partial charge in [0.1, 0.15) is 5.69 Å². The summed E-state index contributed by atoms with van der Waals surface area (Å²) in [5.74, 6) is 0.726. The van der Waals surface area contributed by atoms with Gasteiger partial charge in [0, 0.05) is 22.9 Å². The Morgan fingerprint density at radius 1 is 1.30 bits per heavy atom. The number of nitrogens with one attached hydrogen (secondary N) is 3. The topological polar surface area (TPSA) is 99.3 Å². The molecule has 7 nitrogen and oxygen atoms in total. The number of fused-ring (bicyclic) bond motifs is 1. The summed E-state index contributed by atoms with van der Waals surface area (Å²) in [4.78, 5) is 15.8. The van der Waals surface area contributed by atoms with Gasteiger partial charge in [0.2, 0.25) is 0 Å². The van der Waals surface area contributed by atoms with Crippen LogP contribution in [0.3, 0.4) is 0 Å². The molecule has 4 rings (SSSR count). The van der Waals surface area contributed by atoms with Crippen LogP contribution in [0.15, 0.2) is 24.3 Å². The van der Waals surface area contributed by atoms with Crippen LogP contribution >= 0.6 is 0 Å². The summed E-state index contributed by atoms with van der Waals surface area (Å²) in [5.41, 5.74) is 2.74. The monoisotopic (exact) mass is 310 g/mol. The van der Waals surface area contributed by atoms with Crippen LogP contribution in [0, 0.1) is 6.92 Å². The fraction of sp³-hybridized carbons (Fsp3) is 0.375. The second-order valence-electron chi connectivity index (χ2n) is 6.16. The minimum Gasteiger partial charge on any atom is -0.351 e. The molecule has 3 aromatic rings. The van der Waals surface area contributed by atoms with Gasteiger partial charge in [0.05, 0.1) is 0 Å². The van der Waals surface area contributed by atoms with Crippen LogP contribution in [0.25, 0.3) is 10.9 Å². The third-order valence-corrected chi connectivity index (χ3v) is 4.55. The van der Waals surface area contributed by atoms with E-state index in [1.54, 1.807) is 0 Å². The Balaban J connectivity index is 1.54. The van der Waals surface area contributed by atoms with E-state index in [0.29, 0.717) is 11.5 Å². The molecule has 0 spiro atoms. The highest BCUT2D eigenvalue weighted by Crippen LogP contribution is 2.32. The van der Waals surface area contributed by atoms with E-state index in [-0.39, 0.29) is 17.9 Å². The number of carbonyl (C=O) groups is 1. The van der Waals surface area contributed by atoms with Gasteiger partial charge in [-0.15, -0.1) is 10.2 Å². The van der Waals surface area contributed by atoms with Gasteiger partial charge in [-0.1, -0.05) is 23.8 Å². The van der Waals surface area contributed by atoms with E-state index in [2.05, 4.69) is 30.9 Å². The summed E-state index contributed by atoms with van der Waals surface area (Å²) in [6.45, 7) is 2.04. The number of benzene rings is 1. The van der Waals surface area contributed by atoms with Crippen LogP contribution in [0.2, 0.25) is 0 Å². The summed E-state index contributed by atoms with van der Waals surface area (Å²) in [6, 6.07) is 8.05. The SMILES string of the molecule is Cc1ccc2cc(C(=O)NC3CCCC3c3nn[nH]n3)[nH]c2c1. The molecule has 2 unspecified atom stereocenters. The van der Waals surface area contributed by atoms with Crippen molar-refractivity contribution in [1.29, 1.82) is 0 Å². The first kappa shape index (κ1) is 13.9. The highest BCUT2D eigenvalue weighted by Gasteiger charge is 2.33. The molecule has 7 heteroatoms. The maximum atomic E-state index is 12.6. The molecule has 2 aromatic heterocycles. The number of tetrazole rings is 1. The Morgan fingerprint density at radius 3 is 3.04 bits per heavy atom. The standard InChI is InChI=1S/C16H18N6O/c1-9-5-6-10-8-14(17-13(10)7-9)16(23)18-12-4-2-3-11(12)15-19-21-22-20-15/h5-8,11-12,17H,2-4H2,1H3,(H,18,23)(H,19,20,21,22). The van der Waals surface area contributed by atoms with Crippen molar-refractivity contribution < 1.29 is 4.79 Å². The molecule has 1 amide bonds. The van der Waals surface area contributed by atoms with E-state index < -0.39 is 0 Å². The zero-order chi connectivity index (χ0) is 15.8. The van der Waals surface area contributed by atoms with Gasteiger partial charge in [-0.3, -0.25) is 4.79 Å². The van der Waals surface area contributed by atoms with Crippen molar-refractivity contribution in [2.45, 2.75) is 38.1 Å². The molecule has 0 radical (unpaired) electrons. The lowest BCUT2D eigenvalue weighted by molar-refractivity contribution is 0.0929. The van der Waals surface area contributed by atoms with Crippen LogP contribution in [0.4, 0.5) is 0 Å². The molecule has 1 fully saturated rings. The molecule has 1 aromatic carbocycles. The molecule has 0 bridgehead atoms. The van der Waals surface area contributed by atoms with E-state index >= 15 is 0 Å². The molecule has 2 heterocycles. The minimum absolute atomic E-state index is 0.0493. The van der Waals surface area contributed by atoms with Crippen LogP contribution in [0.1, 0.15) is 47.1 Å². The molecule has 118 valence electrons. The first-order valence-electron chi connectivity index (χ1n) is 7.84. The lowest BCUT2D eigenvalue weighted by Crippen LogP contribution is -2.37. The molecule has 0 aliphatic heterocycles. The van der Waals surface area contributed by atoms with Gasteiger partial charge in [0.25, 0.3) is 5.91 Å². The normalized spacial score (nSPS) is 20.9. The van der Waals surface area contributed by atoms with Gasteiger partial charge in [0.15, 0.2) is 5.82 Å².